The van der Waals surface area contributed by atoms with Crippen LogP contribution < -0.4 is 10.5 Å². The number of nitrogens with zero attached hydrogens (tertiary/aromatic N) is 1. The minimum Gasteiger partial charge on any atom is -0.399 e. The van der Waals surface area contributed by atoms with Crippen molar-refractivity contribution in [1.82, 2.24) is 4.72 Å². The Kier molecular flexibility index (Phi) is 1.69. The summed E-state index contributed by atoms with van der Waals surface area (Å²) in [5.74, 6) is 0. The number of fused-ring (bicyclic) bond motifs is 1. The Morgan fingerprint density at radius 1 is 1.50 bits per heavy atom. The zero-order valence-corrected chi connectivity index (χ0v) is 7.48. The van der Waals surface area contributed by atoms with Crippen LogP contribution in [-0.4, -0.2) is 6.34 Å². The van der Waals surface area contributed by atoms with E-state index in [0.717, 1.165) is 21.8 Å². The van der Waals surface area contributed by atoms with Gasteiger partial charge in [0.05, 0.1) is 16.9 Å². The van der Waals surface area contributed by atoms with Gasteiger partial charge in [-0.3, -0.25) is 0 Å². The molecule has 1 aliphatic rings. The number of hydrogen-bond acceptors (Lipinski definition) is 4. The number of benzene rings is 1. The fourth-order valence-electron chi connectivity index (χ4n) is 1.20. The first kappa shape index (κ1) is 7.49. The lowest BCUT2D eigenvalue weighted by Gasteiger charge is -2.12. The number of rotatable bonds is 0. The molecule has 0 aromatic heterocycles. The van der Waals surface area contributed by atoms with Crippen molar-refractivity contribution in [3.63, 3.8) is 0 Å². The predicted octanol–water partition coefficient (Wildman–Crippen LogP) is 1.85. The summed E-state index contributed by atoms with van der Waals surface area (Å²) < 4.78 is 2.96. The van der Waals surface area contributed by atoms with Crippen molar-refractivity contribution in [2.75, 3.05) is 5.73 Å². The Bertz CT molecular complexity index is 346. The van der Waals surface area contributed by atoms with Crippen LogP contribution in [0.5, 0.6) is 0 Å². The second kappa shape index (κ2) is 2.71. The summed E-state index contributed by atoms with van der Waals surface area (Å²) in [4.78, 5) is 5.31. The van der Waals surface area contributed by atoms with Gasteiger partial charge in [0.25, 0.3) is 0 Å². The SMILES string of the molecule is Cc1cc(N)cc2c1N=CNS2. The normalized spacial score (nSPS) is 13.8. The number of nitrogens with one attached hydrogen (secondary N) is 1. The van der Waals surface area contributed by atoms with Crippen molar-refractivity contribution < 1.29 is 0 Å². The lowest BCUT2D eigenvalue weighted by atomic mass is 10.2. The highest BCUT2D eigenvalue weighted by Gasteiger charge is 2.09. The van der Waals surface area contributed by atoms with Crippen molar-refractivity contribution in [2.24, 2.45) is 4.99 Å². The van der Waals surface area contributed by atoms with E-state index >= 15 is 0 Å². The molecule has 0 atom stereocenters. The minimum absolute atomic E-state index is 0.789. The van der Waals surface area contributed by atoms with Crippen molar-refractivity contribution in [3.8, 4) is 0 Å². The van der Waals surface area contributed by atoms with E-state index in [-0.39, 0.29) is 0 Å². The number of aliphatic imine (C=N–C) groups is 1. The lowest BCUT2D eigenvalue weighted by molar-refractivity contribution is 1.27. The third kappa shape index (κ3) is 1.14. The first-order valence-electron chi connectivity index (χ1n) is 3.62. The van der Waals surface area contributed by atoms with Gasteiger partial charge in [-0.1, -0.05) is 0 Å². The molecular formula is C8H9N3S. The molecule has 4 heteroatoms. The molecule has 0 saturated heterocycles. The molecule has 3 nitrogen and oxygen atoms in total. The zero-order chi connectivity index (χ0) is 8.55. The van der Waals surface area contributed by atoms with Crippen LogP contribution in [0, 0.1) is 6.92 Å². The minimum atomic E-state index is 0.789. The van der Waals surface area contributed by atoms with Crippen LogP contribution >= 0.6 is 11.9 Å². The van der Waals surface area contributed by atoms with Gasteiger partial charge in [-0.2, -0.15) is 0 Å². The fraction of sp³-hybridized carbons (Fsp3) is 0.125. The largest absolute Gasteiger partial charge is 0.399 e. The van der Waals surface area contributed by atoms with E-state index < -0.39 is 0 Å². The Labute approximate surface area is 75.2 Å². The molecular weight excluding hydrogens is 170 g/mol. The van der Waals surface area contributed by atoms with Gasteiger partial charge in [0, 0.05) is 5.69 Å². The summed E-state index contributed by atoms with van der Waals surface area (Å²) in [5, 5.41) is 0. The molecule has 12 heavy (non-hydrogen) atoms. The van der Waals surface area contributed by atoms with Crippen LogP contribution in [0.25, 0.3) is 0 Å². The molecule has 1 aromatic rings. The monoisotopic (exact) mass is 179 g/mol. The van der Waals surface area contributed by atoms with Gasteiger partial charge in [0.1, 0.15) is 0 Å². The Hall–Kier alpha value is -1.16. The Morgan fingerprint density at radius 2 is 2.33 bits per heavy atom. The van der Waals surface area contributed by atoms with Crippen LogP contribution in [0.1, 0.15) is 5.56 Å². The quantitative estimate of drug-likeness (QED) is 0.472. The summed E-state index contributed by atoms with van der Waals surface area (Å²) in [6, 6.07) is 3.86. The van der Waals surface area contributed by atoms with Gasteiger partial charge in [-0.15, -0.1) is 0 Å². The van der Waals surface area contributed by atoms with E-state index in [2.05, 4.69) is 9.71 Å². The van der Waals surface area contributed by atoms with Crippen LogP contribution in [0.4, 0.5) is 11.4 Å². The highest BCUT2D eigenvalue weighted by molar-refractivity contribution is 7.98. The molecule has 1 heterocycles. The number of aryl methyl sites for hydroxylation is 1. The van der Waals surface area contributed by atoms with Crippen molar-refractivity contribution >= 4 is 29.7 Å². The van der Waals surface area contributed by atoms with Crippen LogP contribution in [0.15, 0.2) is 22.0 Å². The number of hydrogen-bond donors (Lipinski definition) is 2. The molecule has 1 aromatic carbocycles. The molecule has 0 amide bonds. The average Bonchev–Trinajstić information content (AvgIpc) is 2.04. The first-order chi connectivity index (χ1) is 5.77. The van der Waals surface area contributed by atoms with Gasteiger partial charge in [0.15, 0.2) is 0 Å². The third-order valence-corrected chi connectivity index (χ3v) is 2.46. The summed E-state index contributed by atoms with van der Waals surface area (Å²) in [6.07, 6.45) is 1.69. The highest BCUT2D eigenvalue weighted by atomic mass is 32.2. The van der Waals surface area contributed by atoms with Crippen molar-refractivity contribution in [2.45, 2.75) is 11.8 Å². The molecule has 0 spiro atoms. The molecule has 2 rings (SSSR count). The summed E-state index contributed by atoms with van der Waals surface area (Å²) in [6.45, 7) is 2.01. The van der Waals surface area contributed by atoms with Crippen molar-refractivity contribution in [1.29, 1.82) is 0 Å². The maximum absolute atomic E-state index is 5.69. The summed E-state index contributed by atoms with van der Waals surface area (Å²) in [5.41, 5.74) is 8.62. The topological polar surface area (TPSA) is 50.4 Å². The number of anilines is 1. The van der Waals surface area contributed by atoms with Gasteiger partial charge in [-0.05, 0) is 36.6 Å². The van der Waals surface area contributed by atoms with Crippen LogP contribution in [-0.2, 0) is 0 Å². The van der Waals surface area contributed by atoms with Crippen LogP contribution in [0.2, 0.25) is 0 Å². The molecule has 0 fully saturated rings. The molecule has 0 aliphatic carbocycles. The van der Waals surface area contributed by atoms with Gasteiger partial charge < -0.3 is 10.5 Å². The fourth-order valence-corrected chi connectivity index (χ4v) is 1.94. The van der Waals surface area contributed by atoms with E-state index in [0.29, 0.717) is 0 Å². The van der Waals surface area contributed by atoms with Gasteiger partial charge in [-0.25, -0.2) is 4.99 Å². The average molecular weight is 179 g/mol. The standard InChI is InChI=1S/C8H9N3S/c1-5-2-6(9)3-7-8(5)10-4-11-12-7/h2-4H,9H2,1H3,(H,10,11). The van der Waals surface area contributed by atoms with E-state index in [1.807, 2.05) is 19.1 Å². The van der Waals surface area contributed by atoms with Gasteiger partial charge >= 0.3 is 0 Å². The van der Waals surface area contributed by atoms with Crippen molar-refractivity contribution in [3.05, 3.63) is 17.7 Å². The molecule has 3 N–H and O–H groups in total. The third-order valence-electron chi connectivity index (χ3n) is 1.70. The first-order valence-corrected chi connectivity index (χ1v) is 4.44. The zero-order valence-electron chi connectivity index (χ0n) is 6.66. The Balaban J connectivity index is 2.62. The smallest absolute Gasteiger partial charge is 0.0988 e. The summed E-state index contributed by atoms with van der Waals surface area (Å²) in [7, 11) is 0. The molecule has 1 aliphatic heterocycles. The van der Waals surface area contributed by atoms with Gasteiger partial charge in [0.2, 0.25) is 0 Å². The molecule has 0 unspecified atom stereocenters. The molecule has 0 radical (unpaired) electrons. The molecule has 0 saturated carbocycles. The van der Waals surface area contributed by atoms with E-state index in [9.17, 15) is 0 Å². The second-order valence-electron chi connectivity index (χ2n) is 2.66. The maximum Gasteiger partial charge on any atom is 0.0988 e. The van der Waals surface area contributed by atoms with E-state index in [4.69, 9.17) is 5.73 Å². The molecule has 62 valence electrons. The highest BCUT2D eigenvalue weighted by Crippen LogP contribution is 2.34. The lowest BCUT2D eigenvalue weighted by Crippen LogP contribution is -2.04. The summed E-state index contributed by atoms with van der Waals surface area (Å²) >= 11 is 1.54. The van der Waals surface area contributed by atoms with Crippen LogP contribution in [0.3, 0.4) is 0 Å². The second-order valence-corrected chi connectivity index (χ2v) is 3.54. The van der Waals surface area contributed by atoms with E-state index in [1.54, 1.807) is 6.34 Å². The predicted molar refractivity (Wildman–Crippen MR) is 52.7 cm³/mol. The Morgan fingerprint density at radius 3 is 3.17 bits per heavy atom. The molecule has 0 bridgehead atoms. The number of nitrogen functional groups attached to an aromatic ring is 1. The maximum atomic E-state index is 5.69. The van der Waals surface area contributed by atoms with E-state index in [1.165, 1.54) is 11.9 Å². The number of nitrogens with two attached hydrogens (primary N) is 1.